The van der Waals surface area contributed by atoms with Gasteiger partial charge in [0, 0.05) is 18.3 Å². The molecule has 0 aromatic carbocycles. The first-order chi connectivity index (χ1) is 16.0. The van der Waals surface area contributed by atoms with E-state index in [-0.39, 0.29) is 18.8 Å². The molecular weight excluding hydrogens is 466 g/mol. The molecule has 1 heterocycles. The lowest BCUT2D eigenvalue weighted by atomic mass is 10.0. The van der Waals surface area contributed by atoms with E-state index >= 15 is 0 Å². The van der Waals surface area contributed by atoms with E-state index in [1.807, 2.05) is 0 Å². The normalized spacial score (nSPS) is 14.5. The van der Waals surface area contributed by atoms with Gasteiger partial charge in [0.2, 0.25) is 23.6 Å². The van der Waals surface area contributed by atoms with E-state index in [0.717, 1.165) is 0 Å². The van der Waals surface area contributed by atoms with Gasteiger partial charge in [-0.15, -0.1) is 0 Å². The average Bonchev–Trinajstić information content (AvgIpc) is 3.27. The zero-order valence-corrected chi connectivity index (χ0v) is 20.2. The summed E-state index contributed by atoms with van der Waals surface area (Å²) in [7, 11) is 0. The molecule has 0 fully saturated rings. The molecule has 1 rings (SSSR count). The van der Waals surface area contributed by atoms with Crippen LogP contribution in [-0.2, 0) is 30.4 Å². The second kappa shape index (κ2) is 14.2. The largest absolute Gasteiger partial charge is 0.480 e. The number of thioether (sulfide) groups is 1. The van der Waals surface area contributed by atoms with Crippen molar-refractivity contribution in [3.63, 3.8) is 0 Å². The third kappa shape index (κ3) is 9.79. The van der Waals surface area contributed by atoms with Crippen LogP contribution in [0.2, 0.25) is 0 Å². The molecule has 1 aromatic heterocycles. The first-order valence-electron chi connectivity index (χ1n) is 10.6. The molecular formula is C20H33N7O6S. The third-order valence-electron chi connectivity index (χ3n) is 4.90. The molecule has 14 heteroatoms. The Kier molecular flexibility index (Phi) is 12.1. The molecule has 1 aromatic rings. The van der Waals surface area contributed by atoms with E-state index < -0.39 is 60.2 Å². The Bertz CT molecular complexity index is 848. The number of rotatable bonds is 15. The minimum atomic E-state index is -1.54. The predicted octanol–water partition coefficient (Wildman–Crippen LogP) is -1.90. The van der Waals surface area contributed by atoms with Crippen molar-refractivity contribution in [1.29, 1.82) is 0 Å². The second-order valence-electron chi connectivity index (χ2n) is 8.02. The number of primary amides is 1. The van der Waals surface area contributed by atoms with Gasteiger partial charge in [-0.3, -0.25) is 19.2 Å². The zero-order valence-electron chi connectivity index (χ0n) is 19.4. The van der Waals surface area contributed by atoms with Crippen LogP contribution in [0, 0.1) is 5.92 Å². The molecule has 0 radical (unpaired) electrons. The number of nitrogens with zero attached hydrogens (tertiary/aromatic N) is 1. The van der Waals surface area contributed by atoms with E-state index in [0.29, 0.717) is 11.4 Å². The summed E-state index contributed by atoms with van der Waals surface area (Å²) in [6, 6.07) is -4.58. The highest BCUT2D eigenvalue weighted by atomic mass is 32.2. The molecule has 0 aliphatic heterocycles. The fraction of sp³-hybridized carbons (Fsp3) is 0.600. The summed E-state index contributed by atoms with van der Waals surface area (Å²) in [5, 5.41) is 16.7. The van der Waals surface area contributed by atoms with Gasteiger partial charge in [-0.1, -0.05) is 13.8 Å². The van der Waals surface area contributed by atoms with Gasteiger partial charge in [0.15, 0.2) is 0 Å². The highest BCUT2D eigenvalue weighted by molar-refractivity contribution is 7.98. The smallest absolute Gasteiger partial charge is 0.326 e. The van der Waals surface area contributed by atoms with Crippen molar-refractivity contribution in [1.82, 2.24) is 25.9 Å². The summed E-state index contributed by atoms with van der Waals surface area (Å²) in [5.41, 5.74) is 11.5. The lowest BCUT2D eigenvalue weighted by Gasteiger charge is -2.25. The molecule has 4 atom stereocenters. The monoisotopic (exact) mass is 499 g/mol. The third-order valence-corrected chi connectivity index (χ3v) is 5.54. The number of carbonyl (C=O) groups is 5. The number of carboxylic acids is 1. The van der Waals surface area contributed by atoms with Gasteiger partial charge in [-0.25, -0.2) is 9.78 Å². The fourth-order valence-electron chi connectivity index (χ4n) is 2.85. The highest BCUT2D eigenvalue weighted by Gasteiger charge is 2.31. The number of aliphatic carboxylic acids is 1. The molecule has 13 nitrogen and oxygen atoms in total. The van der Waals surface area contributed by atoms with Crippen molar-refractivity contribution in [2.45, 2.75) is 57.3 Å². The molecule has 4 amide bonds. The molecule has 0 saturated carbocycles. The Labute approximate surface area is 201 Å². The number of carboxylic acid groups (broad SMARTS) is 1. The standard InChI is InChI=1S/C20H33N7O6S/c1-10(2)16(22)19(31)26-13(6-11-8-23-9-24-11)18(30)25-12(4-5-34-3)17(29)27-14(20(32)33)7-15(21)28/h8-10,12-14,16H,4-7,22H2,1-3H3,(H2,21,28)(H,23,24)(H,25,30)(H,26,31)(H,27,29)(H,32,33). The lowest BCUT2D eigenvalue weighted by molar-refractivity contribution is -0.143. The molecule has 0 spiro atoms. The number of H-pyrrole nitrogens is 1. The first-order valence-corrected chi connectivity index (χ1v) is 12.0. The Morgan fingerprint density at radius 3 is 2.15 bits per heavy atom. The summed E-state index contributed by atoms with van der Waals surface area (Å²) in [4.78, 5) is 67.6. The van der Waals surface area contributed by atoms with Crippen LogP contribution >= 0.6 is 11.8 Å². The number of nitrogens with one attached hydrogen (secondary N) is 4. The molecule has 4 unspecified atom stereocenters. The van der Waals surface area contributed by atoms with Gasteiger partial charge in [0.25, 0.3) is 0 Å². The molecule has 9 N–H and O–H groups in total. The number of imidazole rings is 1. The molecule has 34 heavy (non-hydrogen) atoms. The Morgan fingerprint density at radius 2 is 1.65 bits per heavy atom. The summed E-state index contributed by atoms with van der Waals surface area (Å²) in [5.74, 6) is -4.03. The van der Waals surface area contributed by atoms with Crippen molar-refractivity contribution in [3.05, 3.63) is 18.2 Å². The number of aromatic amines is 1. The van der Waals surface area contributed by atoms with E-state index in [9.17, 15) is 29.1 Å². The van der Waals surface area contributed by atoms with Gasteiger partial charge in [-0.05, 0) is 24.3 Å². The van der Waals surface area contributed by atoms with E-state index in [4.69, 9.17) is 11.5 Å². The predicted molar refractivity (Wildman–Crippen MR) is 125 cm³/mol. The SMILES string of the molecule is CSCCC(NC(=O)C(Cc1cnc[nH]1)NC(=O)C(N)C(C)C)C(=O)NC(CC(N)=O)C(=O)O. The van der Waals surface area contributed by atoms with E-state index in [2.05, 4.69) is 25.9 Å². The molecule has 0 aliphatic rings. The van der Waals surface area contributed by atoms with Crippen LogP contribution < -0.4 is 27.4 Å². The second-order valence-corrected chi connectivity index (χ2v) is 9.01. The van der Waals surface area contributed by atoms with Crippen LogP contribution in [-0.4, -0.2) is 80.8 Å². The molecule has 190 valence electrons. The summed E-state index contributed by atoms with van der Waals surface area (Å²) in [6.45, 7) is 3.53. The van der Waals surface area contributed by atoms with Gasteiger partial charge >= 0.3 is 5.97 Å². The maximum absolute atomic E-state index is 13.1. The van der Waals surface area contributed by atoms with E-state index in [1.165, 1.54) is 24.3 Å². The Balaban J connectivity index is 3.04. The lowest BCUT2D eigenvalue weighted by Crippen LogP contribution is -2.58. The quantitative estimate of drug-likeness (QED) is 0.143. The van der Waals surface area contributed by atoms with E-state index in [1.54, 1.807) is 20.1 Å². The maximum Gasteiger partial charge on any atom is 0.326 e. The molecule has 0 bridgehead atoms. The van der Waals surface area contributed by atoms with Crippen molar-refractivity contribution >= 4 is 41.4 Å². The van der Waals surface area contributed by atoms with Crippen molar-refractivity contribution in [3.8, 4) is 0 Å². The summed E-state index contributed by atoms with van der Waals surface area (Å²) in [6.07, 6.45) is 4.35. The Hall–Kier alpha value is -3.13. The van der Waals surface area contributed by atoms with Crippen LogP contribution in [0.15, 0.2) is 12.5 Å². The number of nitrogens with two attached hydrogens (primary N) is 2. The van der Waals surface area contributed by atoms with Crippen molar-refractivity contribution < 1.29 is 29.1 Å². The maximum atomic E-state index is 13.1. The summed E-state index contributed by atoms with van der Waals surface area (Å²) < 4.78 is 0. The van der Waals surface area contributed by atoms with Gasteiger partial charge in [0.05, 0.1) is 18.8 Å². The minimum absolute atomic E-state index is 0.0542. The van der Waals surface area contributed by atoms with Crippen molar-refractivity contribution in [2.75, 3.05) is 12.0 Å². The fourth-order valence-corrected chi connectivity index (χ4v) is 3.32. The van der Waals surface area contributed by atoms with Gasteiger partial charge in [-0.2, -0.15) is 11.8 Å². The number of aromatic nitrogens is 2. The first kappa shape index (κ1) is 28.9. The molecule has 0 aliphatic carbocycles. The van der Waals surface area contributed by atoms with Crippen LogP contribution in [0.1, 0.15) is 32.4 Å². The van der Waals surface area contributed by atoms with Gasteiger partial charge < -0.3 is 37.5 Å². The number of amides is 4. The summed E-state index contributed by atoms with van der Waals surface area (Å²) >= 11 is 1.42. The van der Waals surface area contributed by atoms with Crippen LogP contribution in [0.4, 0.5) is 0 Å². The number of hydrogen-bond donors (Lipinski definition) is 7. The zero-order chi connectivity index (χ0) is 25.8. The van der Waals surface area contributed by atoms with Crippen molar-refractivity contribution in [2.24, 2.45) is 17.4 Å². The topological polar surface area (TPSA) is 222 Å². The Morgan fingerprint density at radius 1 is 1.06 bits per heavy atom. The average molecular weight is 500 g/mol. The van der Waals surface area contributed by atoms with Gasteiger partial charge in [0.1, 0.15) is 18.1 Å². The van der Waals surface area contributed by atoms with Crippen LogP contribution in [0.3, 0.4) is 0 Å². The van der Waals surface area contributed by atoms with Crippen LogP contribution in [0.25, 0.3) is 0 Å². The number of hydrogen-bond acceptors (Lipinski definition) is 8. The van der Waals surface area contributed by atoms with Crippen LogP contribution in [0.5, 0.6) is 0 Å². The molecule has 0 saturated heterocycles. The number of carbonyl (C=O) groups excluding carboxylic acids is 4. The highest BCUT2D eigenvalue weighted by Crippen LogP contribution is 2.06. The minimum Gasteiger partial charge on any atom is -0.480 e.